The van der Waals surface area contributed by atoms with Gasteiger partial charge in [0.05, 0.1) is 18.9 Å². The summed E-state index contributed by atoms with van der Waals surface area (Å²) in [6, 6.07) is 0.504. The molecule has 4 nitrogen and oxygen atoms in total. The molecule has 0 N–H and O–H groups in total. The van der Waals surface area contributed by atoms with Crippen LogP contribution in [-0.4, -0.2) is 54.8 Å². The average molecular weight is 335 g/mol. The summed E-state index contributed by atoms with van der Waals surface area (Å²) in [5.74, 6) is 0. The van der Waals surface area contributed by atoms with Crippen LogP contribution >= 0.6 is 11.3 Å². The summed E-state index contributed by atoms with van der Waals surface area (Å²) >= 11 is 0.740. The molecule has 2 saturated heterocycles. The van der Waals surface area contributed by atoms with Crippen LogP contribution in [0.15, 0.2) is 6.20 Å². The van der Waals surface area contributed by atoms with Crippen LogP contribution in [0.5, 0.6) is 0 Å². The molecule has 2 aliphatic rings. The number of anilines is 1. The third-order valence-corrected chi connectivity index (χ3v) is 5.40. The molecule has 2 aliphatic heterocycles. The minimum Gasteiger partial charge on any atom is -0.376 e. The highest BCUT2D eigenvalue weighted by Gasteiger charge is 2.35. The smallest absolute Gasteiger partial charge is 0.376 e. The van der Waals surface area contributed by atoms with E-state index in [4.69, 9.17) is 4.74 Å². The number of hydrogen-bond donors (Lipinski definition) is 0. The Morgan fingerprint density at radius 2 is 2.00 bits per heavy atom. The van der Waals surface area contributed by atoms with Gasteiger partial charge in [-0.3, -0.25) is 4.90 Å². The largest absolute Gasteiger partial charge is 0.427 e. The Labute approximate surface area is 131 Å². The predicted molar refractivity (Wildman–Crippen MR) is 79.3 cm³/mol. The Bertz CT molecular complexity index is 500. The molecule has 3 rings (SSSR count). The number of rotatable bonds is 2. The molecule has 22 heavy (non-hydrogen) atoms. The van der Waals surface area contributed by atoms with Crippen molar-refractivity contribution in [3.63, 3.8) is 0 Å². The van der Waals surface area contributed by atoms with E-state index in [0.29, 0.717) is 11.2 Å². The molecule has 0 spiro atoms. The number of thiazole rings is 1. The van der Waals surface area contributed by atoms with E-state index < -0.39 is 11.1 Å². The zero-order valence-corrected chi connectivity index (χ0v) is 13.3. The van der Waals surface area contributed by atoms with Crippen LogP contribution in [0.3, 0.4) is 0 Å². The third-order valence-electron chi connectivity index (χ3n) is 4.30. The molecule has 1 aromatic rings. The molecule has 1 unspecified atom stereocenters. The van der Waals surface area contributed by atoms with Crippen LogP contribution < -0.4 is 4.90 Å². The van der Waals surface area contributed by atoms with Gasteiger partial charge in [-0.25, -0.2) is 4.98 Å². The van der Waals surface area contributed by atoms with Gasteiger partial charge in [0.25, 0.3) is 0 Å². The molecule has 1 aromatic heterocycles. The summed E-state index contributed by atoms with van der Waals surface area (Å²) in [5, 5.41) is 0.487. The van der Waals surface area contributed by atoms with Gasteiger partial charge in [-0.2, -0.15) is 13.2 Å². The van der Waals surface area contributed by atoms with Gasteiger partial charge in [-0.15, -0.1) is 0 Å². The molecule has 3 heterocycles. The van der Waals surface area contributed by atoms with E-state index in [1.54, 1.807) is 0 Å². The Balaban J connectivity index is 1.56. The summed E-state index contributed by atoms with van der Waals surface area (Å²) in [4.78, 5) is 7.75. The number of morpholine rings is 1. The van der Waals surface area contributed by atoms with Crippen molar-refractivity contribution in [1.82, 2.24) is 9.88 Å². The summed E-state index contributed by atoms with van der Waals surface area (Å²) in [5.41, 5.74) is 0. The van der Waals surface area contributed by atoms with Crippen molar-refractivity contribution >= 4 is 16.5 Å². The first kappa shape index (κ1) is 16.0. The minimum atomic E-state index is -4.29. The lowest BCUT2D eigenvalue weighted by atomic mass is 10.0. The second kappa shape index (κ2) is 6.33. The Kier molecular flexibility index (Phi) is 4.61. The number of aromatic nitrogens is 1. The highest BCUT2D eigenvalue weighted by atomic mass is 32.1. The van der Waals surface area contributed by atoms with E-state index in [2.05, 4.69) is 16.8 Å². The van der Waals surface area contributed by atoms with Gasteiger partial charge >= 0.3 is 6.18 Å². The van der Waals surface area contributed by atoms with E-state index in [1.807, 2.05) is 4.90 Å². The zero-order valence-electron chi connectivity index (χ0n) is 12.5. The Hall–Kier alpha value is -0.860. The maximum absolute atomic E-state index is 12.6. The van der Waals surface area contributed by atoms with Gasteiger partial charge in [0.2, 0.25) is 0 Å². The van der Waals surface area contributed by atoms with Crippen molar-refractivity contribution < 1.29 is 17.9 Å². The number of alkyl halides is 3. The molecule has 0 bridgehead atoms. The summed E-state index contributed by atoms with van der Waals surface area (Å²) in [7, 11) is 0. The van der Waals surface area contributed by atoms with Gasteiger partial charge in [0.1, 0.15) is 4.88 Å². The van der Waals surface area contributed by atoms with Crippen molar-refractivity contribution in [2.45, 2.75) is 38.1 Å². The van der Waals surface area contributed by atoms with E-state index in [0.717, 1.165) is 63.2 Å². The van der Waals surface area contributed by atoms with E-state index in [-0.39, 0.29) is 6.10 Å². The van der Waals surface area contributed by atoms with Crippen LogP contribution in [0.25, 0.3) is 0 Å². The third kappa shape index (κ3) is 3.55. The molecule has 0 amide bonds. The first-order chi connectivity index (χ1) is 10.4. The van der Waals surface area contributed by atoms with E-state index in [1.165, 1.54) is 0 Å². The second-order valence-corrected chi connectivity index (χ2v) is 6.91. The Morgan fingerprint density at radius 1 is 1.27 bits per heavy atom. The number of halogens is 3. The maximum atomic E-state index is 12.6. The number of hydrogen-bond acceptors (Lipinski definition) is 5. The number of ether oxygens (including phenoxy) is 1. The fraction of sp³-hybridized carbons (Fsp3) is 0.786. The maximum Gasteiger partial charge on any atom is 0.427 e. The minimum absolute atomic E-state index is 0.264. The van der Waals surface area contributed by atoms with E-state index in [9.17, 15) is 13.2 Å². The fourth-order valence-corrected chi connectivity index (χ4v) is 3.98. The summed E-state index contributed by atoms with van der Waals surface area (Å²) in [6.45, 7) is 6.27. The van der Waals surface area contributed by atoms with Crippen molar-refractivity contribution in [3.05, 3.63) is 11.1 Å². The van der Waals surface area contributed by atoms with Crippen LogP contribution in [-0.2, 0) is 10.9 Å². The molecule has 0 radical (unpaired) electrons. The Morgan fingerprint density at radius 3 is 2.59 bits per heavy atom. The zero-order chi connectivity index (χ0) is 15.7. The molecular weight excluding hydrogens is 315 g/mol. The molecule has 0 saturated carbocycles. The summed E-state index contributed by atoms with van der Waals surface area (Å²) < 4.78 is 43.5. The molecule has 0 aromatic carbocycles. The molecular formula is C14H20F3N3OS. The quantitative estimate of drug-likeness (QED) is 0.831. The predicted octanol–water partition coefficient (Wildman–Crippen LogP) is 2.85. The standard InChI is InChI=1S/C14H20F3N3OS/c1-10-9-20(6-7-21-10)11-2-4-19(5-3-11)13-18-8-12(22-13)14(15,16)17/h8,10-11H,2-7,9H2,1H3. The van der Waals surface area contributed by atoms with Crippen molar-refractivity contribution in [2.75, 3.05) is 37.7 Å². The van der Waals surface area contributed by atoms with Crippen LogP contribution in [0.2, 0.25) is 0 Å². The lowest BCUT2D eigenvalue weighted by Crippen LogP contribution is -2.51. The van der Waals surface area contributed by atoms with Crippen LogP contribution in [0, 0.1) is 0 Å². The SMILES string of the molecule is CC1CN(C2CCN(c3ncc(C(F)(F)F)s3)CC2)CCO1. The fourth-order valence-electron chi connectivity index (χ4n) is 3.14. The highest BCUT2D eigenvalue weighted by Crippen LogP contribution is 2.37. The first-order valence-corrected chi connectivity index (χ1v) is 8.39. The molecule has 2 fully saturated rings. The normalized spacial score (nSPS) is 25.6. The second-order valence-electron chi connectivity index (χ2n) is 5.90. The highest BCUT2D eigenvalue weighted by molar-refractivity contribution is 7.15. The van der Waals surface area contributed by atoms with Gasteiger partial charge in [0.15, 0.2) is 5.13 Å². The average Bonchev–Trinajstić information content (AvgIpc) is 2.97. The molecule has 124 valence electrons. The molecule has 8 heteroatoms. The molecule has 1 atom stereocenters. The van der Waals surface area contributed by atoms with Crippen LogP contribution in [0.4, 0.5) is 18.3 Å². The summed E-state index contributed by atoms with van der Waals surface area (Å²) in [6.07, 6.45) is -1.16. The lowest BCUT2D eigenvalue weighted by Gasteiger charge is -2.41. The van der Waals surface area contributed by atoms with E-state index >= 15 is 0 Å². The van der Waals surface area contributed by atoms with Crippen molar-refractivity contribution in [3.8, 4) is 0 Å². The monoisotopic (exact) mass is 335 g/mol. The van der Waals surface area contributed by atoms with Gasteiger partial charge < -0.3 is 9.64 Å². The first-order valence-electron chi connectivity index (χ1n) is 7.57. The van der Waals surface area contributed by atoms with Gasteiger partial charge in [-0.05, 0) is 19.8 Å². The van der Waals surface area contributed by atoms with Gasteiger partial charge in [-0.1, -0.05) is 11.3 Å². The topological polar surface area (TPSA) is 28.6 Å². The number of nitrogens with zero attached hydrogens (tertiary/aromatic N) is 3. The van der Waals surface area contributed by atoms with Crippen molar-refractivity contribution in [1.29, 1.82) is 0 Å². The lowest BCUT2D eigenvalue weighted by molar-refractivity contribution is -0.134. The molecule has 0 aliphatic carbocycles. The van der Waals surface area contributed by atoms with Crippen molar-refractivity contribution in [2.24, 2.45) is 0 Å². The van der Waals surface area contributed by atoms with Crippen LogP contribution in [0.1, 0.15) is 24.6 Å². The number of piperidine rings is 1. The van der Waals surface area contributed by atoms with Gasteiger partial charge in [0, 0.05) is 32.2 Å².